The number of aliphatic hydroxyl groups is 1. The van der Waals surface area contributed by atoms with Gasteiger partial charge in [0.15, 0.2) is 0 Å². The normalized spacial score (nSPS) is 34.8. The van der Waals surface area contributed by atoms with Crippen LogP contribution in [-0.2, 0) is 4.79 Å². The Bertz CT molecular complexity index is 278. The van der Waals surface area contributed by atoms with E-state index >= 15 is 0 Å². The van der Waals surface area contributed by atoms with Gasteiger partial charge in [0.05, 0.1) is 0 Å². The molecule has 0 aromatic heterocycles. The number of rotatable bonds is 4. The van der Waals surface area contributed by atoms with E-state index in [4.69, 9.17) is 5.11 Å². The Morgan fingerprint density at radius 1 is 1.33 bits per heavy atom. The molecule has 18 heavy (non-hydrogen) atoms. The van der Waals surface area contributed by atoms with Crippen LogP contribution in [0.2, 0.25) is 0 Å². The number of hydrogen-bond acceptors (Lipinski definition) is 3. The molecule has 0 aromatic rings. The minimum atomic E-state index is 0.257. The lowest BCUT2D eigenvalue weighted by Crippen LogP contribution is -2.45. The molecule has 0 amide bonds. The molecular formula is C15H27NO2. The first-order valence-electron chi connectivity index (χ1n) is 7.58. The molecule has 0 aromatic carbocycles. The zero-order valence-corrected chi connectivity index (χ0v) is 11.6. The third kappa shape index (κ3) is 3.55. The van der Waals surface area contributed by atoms with Gasteiger partial charge in [0.1, 0.15) is 5.78 Å². The third-order valence-corrected chi connectivity index (χ3v) is 4.69. The summed E-state index contributed by atoms with van der Waals surface area (Å²) in [6, 6.07) is 0.508. The summed E-state index contributed by atoms with van der Waals surface area (Å²) in [6.07, 6.45) is 7.52. The Morgan fingerprint density at radius 3 is 2.94 bits per heavy atom. The second-order valence-corrected chi connectivity index (χ2v) is 6.20. The van der Waals surface area contributed by atoms with E-state index in [1.54, 1.807) is 0 Å². The molecule has 0 radical (unpaired) electrons. The minimum Gasteiger partial charge on any atom is -0.396 e. The average Bonchev–Trinajstić information content (AvgIpc) is 2.36. The second kappa shape index (κ2) is 6.67. The van der Waals surface area contributed by atoms with Crippen LogP contribution in [0.25, 0.3) is 0 Å². The molecule has 1 N–H and O–H groups in total. The van der Waals surface area contributed by atoms with Crippen LogP contribution < -0.4 is 0 Å². The van der Waals surface area contributed by atoms with Crippen LogP contribution in [0.5, 0.6) is 0 Å². The lowest BCUT2D eigenvalue weighted by atomic mass is 9.80. The zero-order valence-electron chi connectivity index (χ0n) is 11.6. The van der Waals surface area contributed by atoms with Crippen molar-refractivity contribution in [3.05, 3.63) is 0 Å². The van der Waals surface area contributed by atoms with Gasteiger partial charge >= 0.3 is 0 Å². The topological polar surface area (TPSA) is 40.5 Å². The predicted octanol–water partition coefficient (Wildman–Crippen LogP) is 2.23. The summed E-state index contributed by atoms with van der Waals surface area (Å²) < 4.78 is 0. The van der Waals surface area contributed by atoms with Gasteiger partial charge in [0, 0.05) is 31.5 Å². The van der Waals surface area contributed by atoms with Crippen molar-refractivity contribution in [1.82, 2.24) is 4.90 Å². The number of carbonyl (C=O) groups is 1. The van der Waals surface area contributed by atoms with E-state index in [1.807, 2.05) is 0 Å². The Kier molecular flexibility index (Phi) is 5.19. The highest BCUT2D eigenvalue weighted by Gasteiger charge is 2.31. The van der Waals surface area contributed by atoms with Gasteiger partial charge in [-0.25, -0.2) is 0 Å². The molecule has 3 unspecified atom stereocenters. The lowest BCUT2D eigenvalue weighted by molar-refractivity contribution is -0.126. The zero-order chi connectivity index (χ0) is 13.0. The molecule has 1 saturated carbocycles. The number of hydrogen-bond donors (Lipinski definition) is 1. The first-order chi connectivity index (χ1) is 8.70. The largest absolute Gasteiger partial charge is 0.396 e. The molecule has 0 spiro atoms. The highest BCUT2D eigenvalue weighted by atomic mass is 16.3. The van der Waals surface area contributed by atoms with Crippen LogP contribution in [-0.4, -0.2) is 41.5 Å². The van der Waals surface area contributed by atoms with Gasteiger partial charge in [-0.2, -0.15) is 0 Å². The number of Topliss-reactive ketones (excluding diaryl/α,β-unsaturated/α-hetero) is 1. The fourth-order valence-corrected chi connectivity index (χ4v) is 3.56. The second-order valence-electron chi connectivity index (χ2n) is 6.20. The Hall–Kier alpha value is -0.410. The fourth-order valence-electron chi connectivity index (χ4n) is 3.56. The van der Waals surface area contributed by atoms with Gasteiger partial charge in [0.25, 0.3) is 0 Å². The molecule has 0 bridgehead atoms. The van der Waals surface area contributed by atoms with Crippen molar-refractivity contribution >= 4 is 5.78 Å². The smallest absolute Gasteiger partial charge is 0.137 e. The van der Waals surface area contributed by atoms with Crippen molar-refractivity contribution in [1.29, 1.82) is 0 Å². The van der Waals surface area contributed by atoms with Gasteiger partial charge in [-0.15, -0.1) is 0 Å². The quantitative estimate of drug-likeness (QED) is 0.835. The molecule has 2 fully saturated rings. The van der Waals surface area contributed by atoms with E-state index in [0.717, 1.165) is 38.8 Å². The summed E-state index contributed by atoms with van der Waals surface area (Å²) in [4.78, 5) is 14.5. The summed E-state index contributed by atoms with van der Waals surface area (Å²) in [5, 5.41) is 9.14. The van der Waals surface area contributed by atoms with Gasteiger partial charge in [-0.3, -0.25) is 9.69 Å². The van der Waals surface area contributed by atoms with E-state index in [-0.39, 0.29) is 12.5 Å². The van der Waals surface area contributed by atoms with Crippen molar-refractivity contribution in [2.24, 2.45) is 11.8 Å². The summed E-state index contributed by atoms with van der Waals surface area (Å²) in [5.74, 6) is 1.43. The van der Waals surface area contributed by atoms with Crippen LogP contribution in [0.15, 0.2) is 0 Å². The summed E-state index contributed by atoms with van der Waals surface area (Å²) in [6.45, 7) is 4.59. The van der Waals surface area contributed by atoms with E-state index in [2.05, 4.69) is 11.8 Å². The number of ketones is 1. The molecule has 2 aliphatic rings. The monoisotopic (exact) mass is 253 g/mol. The molecule has 3 nitrogen and oxygen atoms in total. The van der Waals surface area contributed by atoms with E-state index in [0.29, 0.717) is 17.7 Å². The van der Waals surface area contributed by atoms with Crippen LogP contribution >= 0.6 is 0 Å². The molecule has 3 atom stereocenters. The maximum absolute atomic E-state index is 12.0. The molecule has 1 heterocycles. The molecule has 1 aliphatic heterocycles. The number of piperidine rings is 1. The van der Waals surface area contributed by atoms with Crippen LogP contribution in [0.3, 0.4) is 0 Å². The molecule has 1 saturated heterocycles. The van der Waals surface area contributed by atoms with Crippen molar-refractivity contribution < 1.29 is 9.90 Å². The summed E-state index contributed by atoms with van der Waals surface area (Å²) in [7, 11) is 0. The molecular weight excluding hydrogens is 226 g/mol. The molecule has 104 valence electrons. The molecule has 3 heteroatoms. The minimum absolute atomic E-state index is 0.257. The number of carbonyl (C=O) groups excluding carboxylic acids is 1. The summed E-state index contributed by atoms with van der Waals surface area (Å²) in [5.41, 5.74) is 0. The average molecular weight is 253 g/mol. The Morgan fingerprint density at radius 2 is 2.17 bits per heavy atom. The Balaban J connectivity index is 1.91. The fraction of sp³-hybridized carbons (Fsp3) is 0.933. The SMILES string of the molecule is CC1CCC(=O)C(CN2CCCCC2CCO)C1. The van der Waals surface area contributed by atoms with Crippen molar-refractivity contribution in [3.8, 4) is 0 Å². The van der Waals surface area contributed by atoms with E-state index in [1.165, 1.54) is 19.3 Å². The standard InChI is InChI=1S/C15H27NO2/c1-12-5-6-15(18)13(10-12)11-16-8-3-2-4-14(16)7-9-17/h12-14,17H,2-11H2,1H3. The Labute approximate surface area is 111 Å². The van der Waals surface area contributed by atoms with Crippen molar-refractivity contribution in [2.75, 3.05) is 19.7 Å². The maximum Gasteiger partial charge on any atom is 0.137 e. The van der Waals surface area contributed by atoms with E-state index < -0.39 is 0 Å². The lowest BCUT2D eigenvalue weighted by Gasteiger charge is -2.39. The van der Waals surface area contributed by atoms with Crippen molar-refractivity contribution in [2.45, 2.75) is 57.9 Å². The van der Waals surface area contributed by atoms with Crippen LogP contribution in [0, 0.1) is 11.8 Å². The van der Waals surface area contributed by atoms with Crippen molar-refractivity contribution in [3.63, 3.8) is 0 Å². The van der Waals surface area contributed by atoms with E-state index in [9.17, 15) is 4.79 Å². The first kappa shape index (κ1) is 14.0. The predicted molar refractivity (Wildman–Crippen MR) is 72.4 cm³/mol. The third-order valence-electron chi connectivity index (χ3n) is 4.69. The van der Waals surface area contributed by atoms with Crippen LogP contribution in [0.1, 0.15) is 51.9 Å². The first-order valence-corrected chi connectivity index (χ1v) is 7.58. The maximum atomic E-state index is 12.0. The highest BCUT2D eigenvalue weighted by molar-refractivity contribution is 5.81. The highest BCUT2D eigenvalue weighted by Crippen LogP contribution is 2.29. The number of nitrogens with zero attached hydrogens (tertiary/aromatic N) is 1. The molecule has 2 rings (SSSR count). The van der Waals surface area contributed by atoms with Crippen LogP contribution in [0.4, 0.5) is 0 Å². The van der Waals surface area contributed by atoms with Gasteiger partial charge < -0.3 is 5.11 Å². The summed E-state index contributed by atoms with van der Waals surface area (Å²) >= 11 is 0. The molecule has 1 aliphatic carbocycles. The number of aliphatic hydroxyl groups excluding tert-OH is 1. The van der Waals surface area contributed by atoms with Gasteiger partial charge in [-0.1, -0.05) is 13.3 Å². The van der Waals surface area contributed by atoms with Gasteiger partial charge in [-0.05, 0) is 44.6 Å². The van der Waals surface area contributed by atoms with Gasteiger partial charge in [0.2, 0.25) is 0 Å². The number of likely N-dealkylation sites (tertiary alicyclic amines) is 1.